The van der Waals surface area contributed by atoms with Gasteiger partial charge in [0, 0.05) is 45.3 Å². The smallest absolute Gasteiger partial charge is 0.133 e. The van der Waals surface area contributed by atoms with Gasteiger partial charge < -0.3 is 9.26 Å². The Balaban J connectivity index is 1.31. The second-order valence-electron chi connectivity index (χ2n) is 7.22. The van der Waals surface area contributed by atoms with E-state index in [2.05, 4.69) is 21.9 Å². The zero-order valence-electron chi connectivity index (χ0n) is 14.7. The highest BCUT2D eigenvalue weighted by Crippen LogP contribution is 2.26. The normalized spacial score (nSPS) is 27.4. The average molecular weight is 321 g/mol. The van der Waals surface area contributed by atoms with Gasteiger partial charge in [-0.15, -0.1) is 0 Å². The molecule has 0 amide bonds. The number of piperazine rings is 1. The third kappa shape index (κ3) is 5.03. The van der Waals surface area contributed by atoms with Crippen LogP contribution in [-0.2, 0) is 11.3 Å². The Hall–Kier alpha value is -0.910. The first-order valence-electron chi connectivity index (χ1n) is 9.19. The van der Waals surface area contributed by atoms with Gasteiger partial charge >= 0.3 is 0 Å². The van der Waals surface area contributed by atoms with Crippen LogP contribution in [0.4, 0.5) is 0 Å². The van der Waals surface area contributed by atoms with Crippen LogP contribution < -0.4 is 0 Å². The van der Waals surface area contributed by atoms with E-state index in [-0.39, 0.29) is 0 Å². The van der Waals surface area contributed by atoms with Crippen LogP contribution in [0.15, 0.2) is 10.6 Å². The summed E-state index contributed by atoms with van der Waals surface area (Å²) in [5.74, 6) is 1.64. The lowest BCUT2D eigenvalue weighted by molar-refractivity contribution is -0.0182. The fourth-order valence-corrected chi connectivity index (χ4v) is 3.76. The second-order valence-corrected chi connectivity index (χ2v) is 7.22. The highest BCUT2D eigenvalue weighted by atomic mass is 16.5. The zero-order chi connectivity index (χ0) is 16.1. The summed E-state index contributed by atoms with van der Waals surface area (Å²) in [6.07, 6.45) is 5.82. The number of hydrogen-bond donors (Lipinski definition) is 0. The van der Waals surface area contributed by atoms with Crippen LogP contribution in [0.5, 0.6) is 0 Å². The molecule has 1 saturated heterocycles. The highest BCUT2D eigenvalue weighted by Gasteiger charge is 2.22. The molecule has 5 heteroatoms. The maximum absolute atomic E-state index is 6.15. The van der Waals surface area contributed by atoms with Gasteiger partial charge in [0.15, 0.2) is 0 Å². The molecule has 5 nitrogen and oxygen atoms in total. The molecule has 1 saturated carbocycles. The molecule has 2 unspecified atom stereocenters. The molecular weight excluding hydrogens is 290 g/mol. The van der Waals surface area contributed by atoms with Gasteiger partial charge in [-0.1, -0.05) is 24.9 Å². The van der Waals surface area contributed by atoms with E-state index in [1.807, 2.05) is 13.0 Å². The van der Waals surface area contributed by atoms with Crippen molar-refractivity contribution < 1.29 is 9.26 Å². The van der Waals surface area contributed by atoms with Gasteiger partial charge in [-0.2, -0.15) is 0 Å². The summed E-state index contributed by atoms with van der Waals surface area (Å²) < 4.78 is 11.3. The minimum absolute atomic E-state index is 0.500. The van der Waals surface area contributed by atoms with Crippen molar-refractivity contribution in [1.82, 2.24) is 15.0 Å². The fraction of sp³-hybridized carbons (Fsp3) is 0.833. The molecule has 1 aliphatic heterocycles. The quantitative estimate of drug-likeness (QED) is 0.806. The number of ether oxygens (including phenoxy) is 1. The minimum Gasteiger partial charge on any atom is -0.377 e. The van der Waals surface area contributed by atoms with E-state index in [1.165, 1.54) is 25.7 Å². The SMILES string of the molecule is Cc1cc(CN2CCN(CCOC3CCCCC3C)CC2)no1. The summed E-state index contributed by atoms with van der Waals surface area (Å²) >= 11 is 0. The van der Waals surface area contributed by atoms with E-state index in [9.17, 15) is 0 Å². The largest absolute Gasteiger partial charge is 0.377 e. The van der Waals surface area contributed by atoms with Gasteiger partial charge in [0.2, 0.25) is 0 Å². The highest BCUT2D eigenvalue weighted by molar-refractivity contribution is 5.03. The van der Waals surface area contributed by atoms with Crippen molar-refractivity contribution in [1.29, 1.82) is 0 Å². The van der Waals surface area contributed by atoms with Crippen molar-refractivity contribution in [3.63, 3.8) is 0 Å². The van der Waals surface area contributed by atoms with Gasteiger partial charge in [-0.05, 0) is 25.7 Å². The lowest BCUT2D eigenvalue weighted by Crippen LogP contribution is -2.47. The Morgan fingerprint density at radius 2 is 1.91 bits per heavy atom. The number of rotatable bonds is 6. The molecule has 0 bridgehead atoms. The summed E-state index contributed by atoms with van der Waals surface area (Å²) in [6, 6.07) is 2.03. The molecule has 0 spiro atoms. The Bertz CT molecular complexity index is 469. The van der Waals surface area contributed by atoms with Crippen molar-refractivity contribution in [3.05, 3.63) is 17.5 Å². The van der Waals surface area contributed by atoms with Gasteiger partial charge in [-0.3, -0.25) is 9.80 Å². The molecule has 1 aliphatic carbocycles. The predicted octanol–water partition coefficient (Wildman–Crippen LogP) is 2.70. The summed E-state index contributed by atoms with van der Waals surface area (Å²) in [6.45, 7) is 11.6. The monoisotopic (exact) mass is 321 g/mol. The molecule has 130 valence electrons. The number of aromatic nitrogens is 1. The molecule has 2 heterocycles. The first kappa shape index (κ1) is 16.9. The van der Waals surface area contributed by atoms with E-state index in [1.54, 1.807) is 0 Å². The van der Waals surface area contributed by atoms with Crippen LogP contribution in [0.1, 0.15) is 44.1 Å². The summed E-state index contributed by atoms with van der Waals surface area (Å²) in [5.41, 5.74) is 1.05. The van der Waals surface area contributed by atoms with Crippen LogP contribution in [0.25, 0.3) is 0 Å². The molecule has 2 fully saturated rings. The molecule has 1 aromatic rings. The van der Waals surface area contributed by atoms with Crippen molar-refractivity contribution >= 4 is 0 Å². The van der Waals surface area contributed by atoms with Crippen molar-refractivity contribution in [2.75, 3.05) is 39.3 Å². The van der Waals surface area contributed by atoms with Gasteiger partial charge in [-0.25, -0.2) is 0 Å². The molecule has 1 aromatic heterocycles. The molecule has 2 aliphatic rings. The van der Waals surface area contributed by atoms with Crippen LogP contribution in [0, 0.1) is 12.8 Å². The van der Waals surface area contributed by atoms with Crippen molar-refractivity contribution in [3.8, 4) is 0 Å². The van der Waals surface area contributed by atoms with E-state index in [0.717, 1.165) is 63.2 Å². The third-order valence-corrected chi connectivity index (χ3v) is 5.30. The van der Waals surface area contributed by atoms with Crippen molar-refractivity contribution in [2.24, 2.45) is 5.92 Å². The van der Waals surface area contributed by atoms with E-state index >= 15 is 0 Å². The zero-order valence-corrected chi connectivity index (χ0v) is 14.7. The summed E-state index contributed by atoms with van der Waals surface area (Å²) in [5, 5.41) is 4.09. The maximum Gasteiger partial charge on any atom is 0.133 e. The van der Waals surface area contributed by atoms with Crippen LogP contribution in [0.3, 0.4) is 0 Å². The molecule has 0 N–H and O–H groups in total. The Morgan fingerprint density at radius 3 is 2.61 bits per heavy atom. The molecule has 3 rings (SSSR count). The van der Waals surface area contributed by atoms with Gasteiger partial charge in [0.1, 0.15) is 5.76 Å². The Morgan fingerprint density at radius 1 is 1.17 bits per heavy atom. The maximum atomic E-state index is 6.15. The third-order valence-electron chi connectivity index (χ3n) is 5.30. The predicted molar refractivity (Wildman–Crippen MR) is 90.3 cm³/mol. The molecule has 0 radical (unpaired) electrons. The first-order valence-corrected chi connectivity index (χ1v) is 9.19. The number of hydrogen-bond acceptors (Lipinski definition) is 5. The number of nitrogens with zero attached hydrogens (tertiary/aromatic N) is 3. The van der Waals surface area contributed by atoms with E-state index in [4.69, 9.17) is 9.26 Å². The van der Waals surface area contributed by atoms with Crippen LogP contribution in [-0.4, -0.2) is 60.4 Å². The molecular formula is C18H31N3O2. The lowest BCUT2D eigenvalue weighted by atomic mass is 9.88. The van der Waals surface area contributed by atoms with Crippen molar-refractivity contribution in [2.45, 2.75) is 52.2 Å². The van der Waals surface area contributed by atoms with Crippen LogP contribution in [0.2, 0.25) is 0 Å². The molecule has 23 heavy (non-hydrogen) atoms. The van der Waals surface area contributed by atoms with Crippen LogP contribution >= 0.6 is 0 Å². The Kier molecular flexibility index (Phi) is 6.08. The first-order chi connectivity index (χ1) is 11.2. The average Bonchev–Trinajstić information content (AvgIpc) is 2.96. The summed E-state index contributed by atoms with van der Waals surface area (Å²) in [7, 11) is 0. The van der Waals surface area contributed by atoms with Gasteiger partial charge in [0.05, 0.1) is 18.4 Å². The molecule has 0 aromatic carbocycles. The second kappa shape index (κ2) is 8.27. The number of aryl methyl sites for hydroxylation is 1. The Labute approximate surface area is 139 Å². The van der Waals surface area contributed by atoms with Gasteiger partial charge in [0.25, 0.3) is 0 Å². The minimum atomic E-state index is 0.500. The lowest BCUT2D eigenvalue weighted by Gasteiger charge is -2.35. The fourth-order valence-electron chi connectivity index (χ4n) is 3.76. The summed E-state index contributed by atoms with van der Waals surface area (Å²) in [4.78, 5) is 4.98. The molecule has 2 atom stereocenters. The topological polar surface area (TPSA) is 41.7 Å². The standard InChI is InChI=1S/C18H31N3O2/c1-15-5-3-4-6-18(15)22-12-11-20-7-9-21(10-8-20)14-17-13-16(2)23-19-17/h13,15,18H,3-12,14H2,1-2H3. The van der Waals surface area contributed by atoms with E-state index in [0.29, 0.717) is 6.10 Å². The van der Waals surface area contributed by atoms with E-state index < -0.39 is 0 Å².